The quantitative estimate of drug-likeness (QED) is 0.840. The molecule has 0 saturated heterocycles. The maximum atomic E-state index is 12.5. The first-order valence-corrected chi connectivity index (χ1v) is 7.18. The van der Waals surface area contributed by atoms with Crippen LogP contribution in [-0.4, -0.2) is 50.8 Å². The van der Waals surface area contributed by atoms with Gasteiger partial charge < -0.3 is 14.1 Å². The molecule has 0 spiro atoms. The summed E-state index contributed by atoms with van der Waals surface area (Å²) >= 11 is 0. The van der Waals surface area contributed by atoms with Gasteiger partial charge in [-0.1, -0.05) is 0 Å². The van der Waals surface area contributed by atoms with Gasteiger partial charge in [0.05, 0.1) is 18.8 Å². The third-order valence-electron chi connectivity index (χ3n) is 3.83. The fourth-order valence-electron chi connectivity index (χ4n) is 2.75. The Labute approximate surface area is 128 Å². The van der Waals surface area contributed by atoms with Crippen LogP contribution in [0.3, 0.4) is 0 Å². The van der Waals surface area contributed by atoms with Crippen LogP contribution in [-0.2, 0) is 16.1 Å². The molecule has 3 rings (SSSR count). The molecule has 0 saturated carbocycles. The standard InChI is InChI=1S/C14H19N5O3/c1-8-12(22-10(3)15-8)13-17-16-11-7-18(5-6-21-4)14(20)9(2)19(11)13/h9H,5-7H2,1-4H3/t9-/m0/s1. The minimum absolute atomic E-state index is 0.0273. The number of methoxy groups -OCH3 is 1. The first-order chi connectivity index (χ1) is 10.5. The molecule has 0 unspecified atom stereocenters. The van der Waals surface area contributed by atoms with Gasteiger partial charge in [0.15, 0.2) is 17.5 Å². The van der Waals surface area contributed by atoms with E-state index in [4.69, 9.17) is 9.15 Å². The van der Waals surface area contributed by atoms with Gasteiger partial charge in [-0.25, -0.2) is 4.98 Å². The fourth-order valence-corrected chi connectivity index (χ4v) is 2.75. The Bertz CT molecular complexity index is 705. The molecule has 0 aliphatic carbocycles. The number of aryl methyl sites for hydroxylation is 2. The van der Waals surface area contributed by atoms with Gasteiger partial charge in [0.2, 0.25) is 11.7 Å². The molecule has 0 bridgehead atoms. The summed E-state index contributed by atoms with van der Waals surface area (Å²) in [4.78, 5) is 18.5. The van der Waals surface area contributed by atoms with Crippen LogP contribution in [0, 0.1) is 13.8 Å². The van der Waals surface area contributed by atoms with Crippen molar-refractivity contribution >= 4 is 5.91 Å². The molecule has 0 N–H and O–H groups in total. The SMILES string of the molecule is COCCN1Cc2nnc(-c3oc(C)nc3C)n2[C@@H](C)C1=O. The van der Waals surface area contributed by atoms with Crippen LogP contribution in [0.5, 0.6) is 0 Å². The lowest BCUT2D eigenvalue weighted by Crippen LogP contribution is -2.43. The number of hydrogen-bond donors (Lipinski definition) is 0. The number of carbonyl (C=O) groups excluding carboxylic acids is 1. The van der Waals surface area contributed by atoms with Crippen LogP contribution in [0.4, 0.5) is 0 Å². The van der Waals surface area contributed by atoms with E-state index in [1.54, 1.807) is 18.9 Å². The molecule has 0 aromatic carbocycles. The van der Waals surface area contributed by atoms with Gasteiger partial charge in [-0.15, -0.1) is 10.2 Å². The van der Waals surface area contributed by atoms with Gasteiger partial charge in [-0.2, -0.15) is 0 Å². The summed E-state index contributed by atoms with van der Waals surface area (Å²) in [6.07, 6.45) is 0. The Kier molecular flexibility index (Phi) is 3.69. The summed E-state index contributed by atoms with van der Waals surface area (Å²) in [5.74, 6) is 2.47. The maximum Gasteiger partial charge on any atom is 0.245 e. The molecular formula is C14H19N5O3. The number of nitrogens with zero attached hydrogens (tertiary/aromatic N) is 5. The number of fused-ring (bicyclic) bond motifs is 1. The van der Waals surface area contributed by atoms with Crippen molar-refractivity contribution in [2.45, 2.75) is 33.4 Å². The number of ether oxygens (including phenoxy) is 1. The maximum absolute atomic E-state index is 12.5. The normalized spacial score (nSPS) is 17.9. The molecule has 2 aromatic heterocycles. The first kappa shape index (κ1) is 14.7. The average molecular weight is 305 g/mol. The summed E-state index contributed by atoms with van der Waals surface area (Å²) in [5, 5.41) is 8.43. The predicted molar refractivity (Wildman–Crippen MR) is 77.0 cm³/mol. The summed E-state index contributed by atoms with van der Waals surface area (Å²) < 4.78 is 12.5. The fraction of sp³-hybridized carbons (Fsp3) is 0.571. The zero-order chi connectivity index (χ0) is 15.9. The number of rotatable bonds is 4. The Hall–Kier alpha value is -2.22. The lowest BCUT2D eigenvalue weighted by atomic mass is 10.2. The van der Waals surface area contributed by atoms with Crippen molar-refractivity contribution in [1.82, 2.24) is 24.6 Å². The van der Waals surface area contributed by atoms with Crippen LogP contribution < -0.4 is 0 Å². The van der Waals surface area contributed by atoms with E-state index in [1.165, 1.54) is 0 Å². The number of oxazole rings is 1. The molecule has 8 nitrogen and oxygen atoms in total. The van der Waals surface area contributed by atoms with Gasteiger partial charge in [-0.05, 0) is 13.8 Å². The van der Waals surface area contributed by atoms with E-state index in [-0.39, 0.29) is 11.9 Å². The van der Waals surface area contributed by atoms with Crippen molar-refractivity contribution in [3.63, 3.8) is 0 Å². The third kappa shape index (κ3) is 2.29. The van der Waals surface area contributed by atoms with Crippen molar-refractivity contribution in [3.05, 3.63) is 17.4 Å². The van der Waals surface area contributed by atoms with Crippen LogP contribution in [0.15, 0.2) is 4.42 Å². The largest absolute Gasteiger partial charge is 0.437 e. The highest BCUT2D eigenvalue weighted by Gasteiger charge is 2.34. The van der Waals surface area contributed by atoms with E-state index >= 15 is 0 Å². The van der Waals surface area contributed by atoms with Crippen LogP contribution in [0.25, 0.3) is 11.6 Å². The smallest absolute Gasteiger partial charge is 0.245 e. The van der Waals surface area contributed by atoms with E-state index < -0.39 is 0 Å². The average Bonchev–Trinajstić information content (AvgIpc) is 3.04. The zero-order valence-corrected chi connectivity index (χ0v) is 13.2. The van der Waals surface area contributed by atoms with Crippen LogP contribution in [0.1, 0.15) is 30.4 Å². The zero-order valence-electron chi connectivity index (χ0n) is 13.2. The number of amides is 1. The van der Waals surface area contributed by atoms with Gasteiger partial charge in [0.25, 0.3) is 0 Å². The third-order valence-corrected chi connectivity index (χ3v) is 3.83. The molecule has 1 atom stereocenters. The lowest BCUT2D eigenvalue weighted by Gasteiger charge is -2.31. The van der Waals surface area contributed by atoms with Crippen molar-refractivity contribution < 1.29 is 13.9 Å². The molecular weight excluding hydrogens is 286 g/mol. The van der Waals surface area contributed by atoms with E-state index in [1.807, 2.05) is 18.4 Å². The Morgan fingerprint density at radius 1 is 1.36 bits per heavy atom. The number of aromatic nitrogens is 4. The molecule has 1 aliphatic heterocycles. The van der Waals surface area contributed by atoms with Crippen LogP contribution >= 0.6 is 0 Å². The minimum atomic E-state index is -0.379. The van der Waals surface area contributed by atoms with E-state index in [2.05, 4.69) is 15.2 Å². The second kappa shape index (κ2) is 5.53. The van der Waals surface area contributed by atoms with E-state index in [0.29, 0.717) is 37.2 Å². The summed E-state index contributed by atoms with van der Waals surface area (Å²) in [7, 11) is 1.62. The molecule has 3 heterocycles. The topological polar surface area (TPSA) is 86.3 Å². The Morgan fingerprint density at radius 3 is 2.77 bits per heavy atom. The summed E-state index contributed by atoms with van der Waals surface area (Å²) in [6, 6.07) is -0.379. The monoisotopic (exact) mass is 305 g/mol. The predicted octanol–water partition coefficient (Wildman–Crippen LogP) is 1.10. The van der Waals surface area contributed by atoms with Gasteiger partial charge in [-0.3, -0.25) is 9.36 Å². The Balaban J connectivity index is 1.99. The van der Waals surface area contributed by atoms with Gasteiger partial charge >= 0.3 is 0 Å². The molecule has 1 amide bonds. The van der Waals surface area contributed by atoms with Crippen molar-refractivity contribution in [2.24, 2.45) is 0 Å². The minimum Gasteiger partial charge on any atom is -0.437 e. The molecule has 2 aromatic rings. The molecule has 22 heavy (non-hydrogen) atoms. The first-order valence-electron chi connectivity index (χ1n) is 7.18. The molecule has 8 heteroatoms. The highest BCUT2D eigenvalue weighted by atomic mass is 16.5. The highest BCUT2D eigenvalue weighted by Crippen LogP contribution is 2.30. The second-order valence-corrected chi connectivity index (χ2v) is 5.39. The van der Waals surface area contributed by atoms with Crippen LogP contribution in [0.2, 0.25) is 0 Å². The molecule has 1 aliphatic rings. The second-order valence-electron chi connectivity index (χ2n) is 5.39. The molecule has 0 fully saturated rings. The van der Waals surface area contributed by atoms with Crippen molar-refractivity contribution in [1.29, 1.82) is 0 Å². The summed E-state index contributed by atoms with van der Waals surface area (Å²) in [6.45, 7) is 6.95. The highest BCUT2D eigenvalue weighted by molar-refractivity contribution is 5.81. The lowest BCUT2D eigenvalue weighted by molar-refractivity contribution is -0.137. The molecule has 118 valence electrons. The van der Waals surface area contributed by atoms with Crippen molar-refractivity contribution in [2.75, 3.05) is 20.3 Å². The Morgan fingerprint density at radius 2 is 2.14 bits per heavy atom. The van der Waals surface area contributed by atoms with E-state index in [9.17, 15) is 4.79 Å². The number of carbonyl (C=O) groups is 1. The number of hydrogen-bond acceptors (Lipinski definition) is 6. The molecule has 0 radical (unpaired) electrons. The van der Waals surface area contributed by atoms with Gasteiger partial charge in [0.1, 0.15) is 6.04 Å². The van der Waals surface area contributed by atoms with Gasteiger partial charge in [0, 0.05) is 20.6 Å². The van der Waals surface area contributed by atoms with E-state index in [0.717, 1.165) is 11.5 Å². The van der Waals surface area contributed by atoms with Crippen molar-refractivity contribution in [3.8, 4) is 11.6 Å². The summed E-state index contributed by atoms with van der Waals surface area (Å²) in [5.41, 5.74) is 0.745.